The van der Waals surface area contributed by atoms with Gasteiger partial charge in [0, 0.05) is 16.8 Å². The molecule has 2 amide bonds. The summed E-state index contributed by atoms with van der Waals surface area (Å²) in [5.41, 5.74) is 8.27. The van der Waals surface area contributed by atoms with E-state index in [1.165, 1.54) is 23.1 Å². The third-order valence-corrected chi connectivity index (χ3v) is 5.75. The number of thioether (sulfide) groups is 1. The van der Waals surface area contributed by atoms with E-state index >= 15 is 0 Å². The van der Waals surface area contributed by atoms with E-state index in [1.807, 2.05) is 33.1 Å². The Balaban J connectivity index is 2.12. The number of nitrogen functional groups attached to an aromatic ring is 1. The SMILES string of the molecule is CCOC(=O)Nc1cccc(-c2nc(SC)nc3sc(C(=O)NC(C)(C)C)c(N)c23)c1. The van der Waals surface area contributed by atoms with Crippen LogP contribution in [0, 0.1) is 0 Å². The lowest BCUT2D eigenvalue weighted by atomic mass is 10.1. The van der Waals surface area contributed by atoms with Gasteiger partial charge in [-0.25, -0.2) is 14.8 Å². The topological polar surface area (TPSA) is 119 Å². The molecule has 2 heterocycles. The number of fused-ring (bicyclic) bond motifs is 1. The van der Waals surface area contributed by atoms with Crippen LogP contribution in [0.15, 0.2) is 29.4 Å². The normalized spacial score (nSPS) is 11.4. The van der Waals surface area contributed by atoms with E-state index < -0.39 is 11.6 Å². The summed E-state index contributed by atoms with van der Waals surface area (Å²) in [5, 5.41) is 6.82. The van der Waals surface area contributed by atoms with Crippen molar-refractivity contribution in [2.45, 2.75) is 38.4 Å². The zero-order valence-electron chi connectivity index (χ0n) is 18.0. The van der Waals surface area contributed by atoms with Crippen LogP contribution < -0.4 is 16.4 Å². The Morgan fingerprint density at radius 3 is 2.65 bits per heavy atom. The number of benzene rings is 1. The molecule has 0 fully saturated rings. The highest BCUT2D eigenvalue weighted by Crippen LogP contribution is 2.39. The van der Waals surface area contributed by atoms with Crippen molar-refractivity contribution in [3.05, 3.63) is 29.1 Å². The average Bonchev–Trinajstić information content (AvgIpc) is 3.03. The summed E-state index contributed by atoms with van der Waals surface area (Å²) >= 11 is 2.64. The number of hydrogen-bond donors (Lipinski definition) is 3. The second-order valence-electron chi connectivity index (χ2n) is 7.71. The third kappa shape index (κ3) is 5.26. The summed E-state index contributed by atoms with van der Waals surface area (Å²) in [6.07, 6.45) is 1.35. The minimum absolute atomic E-state index is 0.248. The van der Waals surface area contributed by atoms with Crippen LogP contribution in [0.2, 0.25) is 0 Å². The van der Waals surface area contributed by atoms with E-state index in [-0.39, 0.29) is 12.5 Å². The molecule has 0 aliphatic carbocycles. The van der Waals surface area contributed by atoms with Crippen LogP contribution in [0.5, 0.6) is 0 Å². The van der Waals surface area contributed by atoms with Crippen LogP contribution in [0.1, 0.15) is 37.4 Å². The maximum Gasteiger partial charge on any atom is 0.411 e. The van der Waals surface area contributed by atoms with Gasteiger partial charge in [-0.3, -0.25) is 10.1 Å². The van der Waals surface area contributed by atoms with Crippen LogP contribution in [0.25, 0.3) is 21.5 Å². The molecule has 10 heteroatoms. The zero-order valence-corrected chi connectivity index (χ0v) is 19.7. The standard InChI is InChI=1S/C21H25N5O3S2/c1-6-29-20(28)23-12-9-7-8-11(10-12)15-13-14(22)16(17(27)26-21(2,3)4)31-18(13)25-19(24-15)30-5/h7-10H,6,22H2,1-5H3,(H,23,28)(H,26,27). The number of anilines is 2. The lowest BCUT2D eigenvalue weighted by Crippen LogP contribution is -2.40. The second kappa shape index (κ2) is 9.11. The van der Waals surface area contributed by atoms with Crippen LogP contribution in [0.4, 0.5) is 16.2 Å². The summed E-state index contributed by atoms with van der Waals surface area (Å²) in [7, 11) is 0. The van der Waals surface area contributed by atoms with Crippen LogP contribution in [-0.2, 0) is 4.74 Å². The maximum absolute atomic E-state index is 12.8. The molecule has 0 radical (unpaired) electrons. The number of rotatable bonds is 5. The minimum Gasteiger partial charge on any atom is -0.450 e. The number of nitrogens with zero attached hydrogens (tertiary/aromatic N) is 2. The van der Waals surface area contributed by atoms with Gasteiger partial charge in [0.05, 0.1) is 23.4 Å². The van der Waals surface area contributed by atoms with E-state index in [4.69, 9.17) is 10.5 Å². The summed E-state index contributed by atoms with van der Waals surface area (Å²) in [6.45, 7) is 7.75. The first-order chi connectivity index (χ1) is 14.6. The highest BCUT2D eigenvalue weighted by atomic mass is 32.2. The number of nitrogens with one attached hydrogen (secondary N) is 2. The average molecular weight is 460 g/mol. The molecule has 3 rings (SSSR count). The lowest BCUT2D eigenvalue weighted by molar-refractivity contribution is 0.0924. The Kier molecular flexibility index (Phi) is 6.71. The molecule has 31 heavy (non-hydrogen) atoms. The molecule has 0 saturated carbocycles. The molecule has 0 saturated heterocycles. The maximum atomic E-state index is 12.8. The van der Waals surface area contributed by atoms with E-state index in [0.717, 1.165) is 5.56 Å². The number of carbonyl (C=O) groups excluding carboxylic acids is 2. The quantitative estimate of drug-likeness (QED) is 0.372. The summed E-state index contributed by atoms with van der Waals surface area (Å²) < 4.78 is 4.94. The highest BCUT2D eigenvalue weighted by Gasteiger charge is 2.24. The van der Waals surface area contributed by atoms with Crippen molar-refractivity contribution in [1.82, 2.24) is 15.3 Å². The number of thiophene rings is 1. The van der Waals surface area contributed by atoms with Gasteiger partial charge in [-0.2, -0.15) is 0 Å². The van der Waals surface area contributed by atoms with E-state index in [9.17, 15) is 9.59 Å². The monoisotopic (exact) mass is 459 g/mol. The van der Waals surface area contributed by atoms with Gasteiger partial charge in [0.2, 0.25) is 0 Å². The molecule has 0 unspecified atom stereocenters. The smallest absolute Gasteiger partial charge is 0.411 e. The fraction of sp³-hybridized carbons (Fsp3) is 0.333. The number of nitrogens with two attached hydrogens (primary N) is 1. The Bertz CT molecular complexity index is 1140. The number of hydrogen-bond acceptors (Lipinski definition) is 8. The molecule has 2 aromatic heterocycles. The fourth-order valence-electron chi connectivity index (χ4n) is 2.90. The second-order valence-corrected chi connectivity index (χ2v) is 9.49. The molecule has 164 valence electrons. The van der Waals surface area contributed by atoms with Crippen molar-refractivity contribution < 1.29 is 14.3 Å². The number of carbonyl (C=O) groups is 2. The molecule has 8 nitrogen and oxygen atoms in total. The van der Waals surface area contributed by atoms with Crippen molar-refractivity contribution in [3.63, 3.8) is 0 Å². The summed E-state index contributed by atoms with van der Waals surface area (Å²) in [5.74, 6) is -0.248. The lowest BCUT2D eigenvalue weighted by Gasteiger charge is -2.20. The fourth-order valence-corrected chi connectivity index (χ4v) is 4.31. The van der Waals surface area contributed by atoms with Gasteiger partial charge in [-0.05, 0) is 46.1 Å². The van der Waals surface area contributed by atoms with Gasteiger partial charge in [0.1, 0.15) is 9.71 Å². The first-order valence-corrected chi connectivity index (χ1v) is 11.7. The minimum atomic E-state index is -0.534. The predicted molar refractivity (Wildman–Crippen MR) is 127 cm³/mol. The van der Waals surface area contributed by atoms with E-state index in [2.05, 4.69) is 20.6 Å². The van der Waals surface area contributed by atoms with Crippen molar-refractivity contribution in [1.29, 1.82) is 0 Å². The van der Waals surface area contributed by atoms with Gasteiger partial charge >= 0.3 is 6.09 Å². The number of ether oxygens (including phenoxy) is 1. The molecule has 1 aromatic carbocycles. The molecular formula is C21H25N5O3S2. The predicted octanol–water partition coefficient (Wildman–Crippen LogP) is 4.76. The van der Waals surface area contributed by atoms with Gasteiger partial charge in [0.15, 0.2) is 5.16 Å². The zero-order chi connectivity index (χ0) is 22.8. The van der Waals surface area contributed by atoms with Crippen molar-refractivity contribution in [3.8, 4) is 11.3 Å². The molecule has 0 spiro atoms. The third-order valence-electron chi connectivity index (χ3n) is 4.10. The Morgan fingerprint density at radius 1 is 1.26 bits per heavy atom. The van der Waals surface area contributed by atoms with Gasteiger partial charge < -0.3 is 15.8 Å². The van der Waals surface area contributed by atoms with Gasteiger partial charge in [0.25, 0.3) is 5.91 Å². The van der Waals surface area contributed by atoms with Crippen molar-refractivity contribution in [2.75, 3.05) is 23.9 Å². The molecule has 0 aliphatic rings. The Hall–Kier alpha value is -2.85. The summed E-state index contributed by atoms with van der Waals surface area (Å²) in [4.78, 5) is 34.8. The molecular weight excluding hydrogens is 434 g/mol. The molecule has 4 N–H and O–H groups in total. The van der Waals surface area contributed by atoms with Crippen molar-refractivity contribution >= 4 is 56.7 Å². The molecule has 0 aliphatic heterocycles. The largest absolute Gasteiger partial charge is 0.450 e. The first kappa shape index (κ1) is 22.8. The highest BCUT2D eigenvalue weighted by molar-refractivity contribution is 7.98. The number of aromatic nitrogens is 2. The van der Waals surface area contributed by atoms with Crippen molar-refractivity contribution in [2.24, 2.45) is 0 Å². The summed E-state index contributed by atoms with van der Waals surface area (Å²) in [6, 6.07) is 7.22. The Morgan fingerprint density at radius 2 is 2.00 bits per heavy atom. The van der Waals surface area contributed by atoms with E-state index in [0.29, 0.717) is 37.3 Å². The van der Waals surface area contributed by atoms with Gasteiger partial charge in [-0.1, -0.05) is 23.9 Å². The van der Waals surface area contributed by atoms with Crippen LogP contribution in [-0.4, -0.2) is 40.4 Å². The first-order valence-electron chi connectivity index (χ1n) is 9.63. The van der Waals surface area contributed by atoms with Gasteiger partial charge in [-0.15, -0.1) is 11.3 Å². The molecule has 0 bridgehead atoms. The van der Waals surface area contributed by atoms with Crippen LogP contribution in [0.3, 0.4) is 0 Å². The van der Waals surface area contributed by atoms with E-state index in [1.54, 1.807) is 25.1 Å². The molecule has 3 aromatic rings. The molecule has 0 atom stereocenters. The van der Waals surface area contributed by atoms with Crippen LogP contribution >= 0.6 is 23.1 Å². The number of amides is 2. The Labute approximate surface area is 189 Å².